The summed E-state index contributed by atoms with van der Waals surface area (Å²) in [5.41, 5.74) is 4.90. The second kappa shape index (κ2) is 9.98. The number of aryl methyl sites for hydroxylation is 3. The first-order chi connectivity index (χ1) is 13.2. The van der Waals surface area contributed by atoms with Crippen LogP contribution in [0.2, 0.25) is 0 Å². The average molecular weight is 421 g/mol. The molecule has 0 aliphatic carbocycles. The van der Waals surface area contributed by atoms with E-state index in [9.17, 15) is 13.2 Å². The van der Waals surface area contributed by atoms with E-state index in [2.05, 4.69) is 36.5 Å². The molecule has 2 aromatic rings. The Balaban J connectivity index is 1.85. The lowest BCUT2D eigenvalue weighted by atomic mass is 10.1. The number of anilines is 1. The van der Waals surface area contributed by atoms with Gasteiger partial charge in [-0.1, -0.05) is 47.5 Å². The molecule has 1 amide bonds. The van der Waals surface area contributed by atoms with E-state index in [0.29, 0.717) is 12.2 Å². The van der Waals surface area contributed by atoms with Crippen LogP contribution in [-0.4, -0.2) is 39.4 Å². The van der Waals surface area contributed by atoms with Crippen molar-refractivity contribution < 1.29 is 13.2 Å². The molecular weight excluding hydrogens is 392 g/mol. The van der Waals surface area contributed by atoms with Crippen molar-refractivity contribution in [2.75, 3.05) is 29.4 Å². The van der Waals surface area contributed by atoms with Crippen LogP contribution in [0, 0.1) is 20.8 Å². The maximum atomic E-state index is 12.3. The predicted molar refractivity (Wildman–Crippen MR) is 118 cm³/mol. The molecule has 1 N–H and O–H groups in total. The number of sulfonamides is 1. The highest BCUT2D eigenvalue weighted by Crippen LogP contribution is 2.23. The van der Waals surface area contributed by atoms with Crippen molar-refractivity contribution in [3.05, 3.63) is 64.7 Å². The Bertz CT molecular complexity index is 910. The number of benzene rings is 2. The van der Waals surface area contributed by atoms with Gasteiger partial charge in [-0.2, -0.15) is 11.8 Å². The fourth-order valence-electron chi connectivity index (χ4n) is 2.79. The lowest BCUT2D eigenvalue weighted by molar-refractivity contribution is -0.119. The maximum absolute atomic E-state index is 12.3. The molecule has 0 radical (unpaired) electrons. The van der Waals surface area contributed by atoms with Crippen LogP contribution in [0.25, 0.3) is 0 Å². The highest BCUT2D eigenvalue weighted by atomic mass is 32.2. The molecule has 0 aromatic heterocycles. The van der Waals surface area contributed by atoms with Gasteiger partial charge >= 0.3 is 0 Å². The minimum atomic E-state index is -3.56. The first-order valence-corrected chi connectivity index (χ1v) is 12.1. The molecule has 2 rings (SSSR count). The number of carbonyl (C=O) groups is 1. The summed E-state index contributed by atoms with van der Waals surface area (Å²) in [5, 5.41) is 2.82. The first kappa shape index (κ1) is 22.3. The van der Waals surface area contributed by atoms with Crippen molar-refractivity contribution >= 4 is 33.4 Å². The number of amides is 1. The van der Waals surface area contributed by atoms with Crippen molar-refractivity contribution in [3.63, 3.8) is 0 Å². The molecule has 152 valence electrons. The largest absolute Gasteiger partial charge is 0.354 e. The number of thioether (sulfide) groups is 1. The van der Waals surface area contributed by atoms with Gasteiger partial charge in [0, 0.05) is 18.1 Å². The van der Waals surface area contributed by atoms with Crippen molar-refractivity contribution in [2.45, 2.75) is 26.5 Å². The van der Waals surface area contributed by atoms with Gasteiger partial charge in [-0.3, -0.25) is 9.10 Å². The molecule has 0 fully saturated rings. The van der Waals surface area contributed by atoms with Gasteiger partial charge in [-0.25, -0.2) is 8.42 Å². The molecule has 0 unspecified atom stereocenters. The maximum Gasteiger partial charge on any atom is 0.240 e. The quantitative estimate of drug-likeness (QED) is 0.631. The molecule has 0 aliphatic rings. The summed E-state index contributed by atoms with van der Waals surface area (Å²) in [6, 6.07) is 13.9. The minimum Gasteiger partial charge on any atom is -0.354 e. The minimum absolute atomic E-state index is 0.217. The lowest BCUT2D eigenvalue weighted by Gasteiger charge is -2.24. The van der Waals surface area contributed by atoms with E-state index < -0.39 is 10.0 Å². The molecule has 0 heterocycles. The molecule has 28 heavy (non-hydrogen) atoms. The third-order valence-electron chi connectivity index (χ3n) is 4.27. The number of nitrogens with zero attached hydrogens (tertiary/aromatic N) is 1. The van der Waals surface area contributed by atoms with E-state index >= 15 is 0 Å². The molecule has 2 aromatic carbocycles. The molecule has 0 aliphatic heterocycles. The Morgan fingerprint density at radius 2 is 1.68 bits per heavy atom. The van der Waals surface area contributed by atoms with E-state index in [1.165, 1.54) is 11.1 Å². The molecule has 7 heteroatoms. The highest BCUT2D eigenvalue weighted by Gasteiger charge is 2.22. The van der Waals surface area contributed by atoms with E-state index in [1.54, 1.807) is 17.8 Å². The Morgan fingerprint density at radius 1 is 1.04 bits per heavy atom. The van der Waals surface area contributed by atoms with Crippen LogP contribution in [0.1, 0.15) is 22.3 Å². The zero-order valence-electron chi connectivity index (χ0n) is 16.9. The lowest BCUT2D eigenvalue weighted by Crippen LogP contribution is -2.41. The molecule has 5 nitrogen and oxygen atoms in total. The van der Waals surface area contributed by atoms with Gasteiger partial charge in [-0.15, -0.1) is 0 Å². The SMILES string of the molecule is Cc1ccc(CSCCNC(=O)CN(c2ccc(C)cc2C)S(C)(=O)=O)cc1. The van der Waals surface area contributed by atoms with Crippen LogP contribution in [-0.2, 0) is 20.6 Å². The third kappa shape index (κ3) is 6.87. The van der Waals surface area contributed by atoms with Gasteiger partial charge in [0.25, 0.3) is 0 Å². The number of carbonyl (C=O) groups excluding carboxylic acids is 1. The van der Waals surface area contributed by atoms with Crippen molar-refractivity contribution in [3.8, 4) is 0 Å². The van der Waals surface area contributed by atoms with Crippen LogP contribution in [0.3, 0.4) is 0 Å². The normalized spacial score (nSPS) is 11.3. The average Bonchev–Trinajstić information content (AvgIpc) is 2.61. The van der Waals surface area contributed by atoms with E-state index in [4.69, 9.17) is 0 Å². The van der Waals surface area contributed by atoms with Gasteiger partial charge in [-0.05, 0) is 38.0 Å². The second-order valence-electron chi connectivity index (χ2n) is 6.95. The summed E-state index contributed by atoms with van der Waals surface area (Å²) in [5.74, 6) is 1.34. The van der Waals surface area contributed by atoms with Crippen LogP contribution in [0.5, 0.6) is 0 Å². The molecule has 0 bridgehead atoms. The van der Waals surface area contributed by atoms with Gasteiger partial charge in [0.05, 0.1) is 11.9 Å². The van der Waals surface area contributed by atoms with Crippen molar-refractivity contribution in [1.29, 1.82) is 0 Å². The van der Waals surface area contributed by atoms with Crippen LogP contribution in [0.4, 0.5) is 5.69 Å². The summed E-state index contributed by atoms with van der Waals surface area (Å²) in [6.45, 7) is 6.14. The fraction of sp³-hybridized carbons (Fsp3) is 0.381. The van der Waals surface area contributed by atoms with Gasteiger partial charge in [0.15, 0.2) is 0 Å². The van der Waals surface area contributed by atoms with E-state index in [-0.39, 0.29) is 12.5 Å². The van der Waals surface area contributed by atoms with Crippen molar-refractivity contribution in [2.24, 2.45) is 0 Å². The number of rotatable bonds is 9. The molecular formula is C21H28N2O3S2. The topological polar surface area (TPSA) is 66.5 Å². The smallest absolute Gasteiger partial charge is 0.240 e. The number of hydrogen-bond acceptors (Lipinski definition) is 4. The van der Waals surface area contributed by atoms with E-state index in [1.807, 2.05) is 26.0 Å². The van der Waals surface area contributed by atoms with Gasteiger partial charge < -0.3 is 5.32 Å². The van der Waals surface area contributed by atoms with Gasteiger partial charge in [0.1, 0.15) is 6.54 Å². The summed E-state index contributed by atoms with van der Waals surface area (Å²) < 4.78 is 25.6. The molecule has 0 saturated carbocycles. The van der Waals surface area contributed by atoms with E-state index in [0.717, 1.165) is 33.2 Å². The predicted octanol–water partition coefficient (Wildman–Crippen LogP) is 3.43. The summed E-state index contributed by atoms with van der Waals surface area (Å²) >= 11 is 1.73. The van der Waals surface area contributed by atoms with Crippen LogP contribution in [0.15, 0.2) is 42.5 Å². The zero-order chi connectivity index (χ0) is 20.7. The highest BCUT2D eigenvalue weighted by molar-refractivity contribution is 7.98. The monoisotopic (exact) mass is 420 g/mol. The van der Waals surface area contributed by atoms with Gasteiger partial charge in [0.2, 0.25) is 15.9 Å². The summed E-state index contributed by atoms with van der Waals surface area (Å²) in [6.07, 6.45) is 1.12. The Labute approximate surface area is 172 Å². The first-order valence-electron chi connectivity index (χ1n) is 9.12. The Hall–Kier alpha value is -1.99. The molecule has 0 saturated heterocycles. The van der Waals surface area contributed by atoms with Crippen LogP contribution < -0.4 is 9.62 Å². The molecule has 0 atom stereocenters. The van der Waals surface area contributed by atoms with Crippen molar-refractivity contribution in [1.82, 2.24) is 5.32 Å². The standard InChI is InChI=1S/C21H28N2O3S2/c1-16-5-8-19(9-6-16)15-27-12-11-22-21(24)14-23(28(4,25)26)20-10-7-17(2)13-18(20)3/h5-10,13H,11-12,14-15H2,1-4H3,(H,22,24). The second-order valence-corrected chi connectivity index (χ2v) is 9.96. The molecule has 0 spiro atoms. The fourth-order valence-corrected chi connectivity index (χ4v) is 4.52. The summed E-state index contributed by atoms with van der Waals surface area (Å²) in [4.78, 5) is 12.3. The third-order valence-corrected chi connectivity index (χ3v) is 6.42. The summed E-state index contributed by atoms with van der Waals surface area (Å²) in [7, 11) is -3.56. The number of hydrogen-bond donors (Lipinski definition) is 1. The van der Waals surface area contributed by atoms with Crippen LogP contribution >= 0.6 is 11.8 Å². The number of nitrogens with one attached hydrogen (secondary N) is 1. The zero-order valence-corrected chi connectivity index (χ0v) is 18.5. The Kier molecular flexibility index (Phi) is 7.95. The Morgan fingerprint density at radius 3 is 2.29 bits per heavy atom.